The third kappa shape index (κ3) is 4.00. The van der Waals surface area contributed by atoms with Crippen molar-refractivity contribution in [3.63, 3.8) is 0 Å². The lowest BCUT2D eigenvalue weighted by Crippen LogP contribution is -2.21. The van der Waals surface area contributed by atoms with Crippen LogP contribution in [0.15, 0.2) is 22.7 Å². The van der Waals surface area contributed by atoms with E-state index in [0.717, 1.165) is 23.2 Å². The fourth-order valence-electron chi connectivity index (χ4n) is 1.92. The number of ether oxygens (including phenoxy) is 1. The zero-order valence-electron chi connectivity index (χ0n) is 11.1. The lowest BCUT2D eigenvalue weighted by Gasteiger charge is -2.21. The third-order valence-corrected chi connectivity index (χ3v) is 3.37. The summed E-state index contributed by atoms with van der Waals surface area (Å²) in [6, 6.07) is 6.71. The maximum absolute atomic E-state index is 5.65. The molecule has 0 heterocycles. The van der Waals surface area contributed by atoms with Crippen LogP contribution in [0.25, 0.3) is 0 Å². The second-order valence-electron chi connectivity index (χ2n) is 4.55. The molecule has 0 aliphatic rings. The van der Waals surface area contributed by atoms with Crippen molar-refractivity contribution in [2.75, 3.05) is 13.7 Å². The molecule has 96 valence electrons. The molecule has 0 bridgehead atoms. The van der Waals surface area contributed by atoms with Gasteiger partial charge in [-0.1, -0.05) is 26.8 Å². The highest BCUT2D eigenvalue weighted by Crippen LogP contribution is 2.30. The first-order valence-electron chi connectivity index (χ1n) is 6.19. The predicted octanol–water partition coefficient (Wildman–Crippen LogP) is 4.15. The van der Waals surface area contributed by atoms with E-state index in [2.05, 4.69) is 54.2 Å². The highest BCUT2D eigenvalue weighted by Gasteiger charge is 2.14. The minimum absolute atomic E-state index is 0.381. The molecule has 0 radical (unpaired) electrons. The first-order valence-corrected chi connectivity index (χ1v) is 6.99. The molecule has 0 saturated carbocycles. The van der Waals surface area contributed by atoms with Crippen molar-refractivity contribution in [3.8, 4) is 5.75 Å². The first-order chi connectivity index (χ1) is 8.10. The van der Waals surface area contributed by atoms with Crippen molar-refractivity contribution in [3.05, 3.63) is 28.2 Å². The minimum atomic E-state index is 0.381. The lowest BCUT2D eigenvalue weighted by atomic mass is 9.96. The van der Waals surface area contributed by atoms with Crippen LogP contribution in [0, 0.1) is 5.92 Å². The minimum Gasteiger partial charge on any atom is -0.492 e. The summed E-state index contributed by atoms with van der Waals surface area (Å²) < 4.78 is 6.68. The van der Waals surface area contributed by atoms with E-state index in [-0.39, 0.29) is 0 Å². The largest absolute Gasteiger partial charge is 0.492 e. The first kappa shape index (κ1) is 14.5. The van der Waals surface area contributed by atoms with Crippen molar-refractivity contribution in [2.24, 2.45) is 5.92 Å². The summed E-state index contributed by atoms with van der Waals surface area (Å²) in [6.07, 6.45) is 1.03. The highest BCUT2D eigenvalue weighted by molar-refractivity contribution is 9.10. The molecule has 1 atom stereocenters. The summed E-state index contributed by atoms with van der Waals surface area (Å²) in [5.74, 6) is 1.49. The van der Waals surface area contributed by atoms with Crippen LogP contribution in [-0.2, 0) is 0 Å². The Morgan fingerprint density at radius 1 is 1.35 bits per heavy atom. The van der Waals surface area contributed by atoms with E-state index >= 15 is 0 Å². The standard InChI is InChI=1S/C14H22BrNO/c1-5-8-17-13-7-6-11(9-12(13)15)14(16-4)10(2)3/h6-7,9-10,14,16H,5,8H2,1-4H3. The van der Waals surface area contributed by atoms with Crippen LogP contribution >= 0.6 is 15.9 Å². The molecular weight excluding hydrogens is 278 g/mol. The van der Waals surface area contributed by atoms with E-state index in [0.29, 0.717) is 12.0 Å². The van der Waals surface area contributed by atoms with Crippen LogP contribution in [0.3, 0.4) is 0 Å². The van der Waals surface area contributed by atoms with Gasteiger partial charge >= 0.3 is 0 Å². The SMILES string of the molecule is CCCOc1ccc(C(NC)C(C)C)cc1Br. The van der Waals surface area contributed by atoms with Gasteiger partial charge in [0.2, 0.25) is 0 Å². The van der Waals surface area contributed by atoms with Gasteiger partial charge in [-0.25, -0.2) is 0 Å². The lowest BCUT2D eigenvalue weighted by molar-refractivity contribution is 0.315. The number of hydrogen-bond donors (Lipinski definition) is 1. The smallest absolute Gasteiger partial charge is 0.133 e. The van der Waals surface area contributed by atoms with Gasteiger partial charge in [0.15, 0.2) is 0 Å². The average Bonchev–Trinajstić information content (AvgIpc) is 2.28. The Morgan fingerprint density at radius 3 is 2.53 bits per heavy atom. The topological polar surface area (TPSA) is 21.3 Å². The van der Waals surface area contributed by atoms with E-state index in [9.17, 15) is 0 Å². The van der Waals surface area contributed by atoms with E-state index in [1.54, 1.807) is 0 Å². The third-order valence-electron chi connectivity index (χ3n) is 2.75. The molecule has 0 saturated heterocycles. The summed E-state index contributed by atoms with van der Waals surface area (Å²) in [6.45, 7) is 7.31. The van der Waals surface area contributed by atoms with Crippen molar-refractivity contribution in [2.45, 2.75) is 33.2 Å². The molecule has 3 heteroatoms. The average molecular weight is 300 g/mol. The van der Waals surface area contributed by atoms with Gasteiger partial charge in [-0.15, -0.1) is 0 Å². The van der Waals surface area contributed by atoms with Crippen LogP contribution in [-0.4, -0.2) is 13.7 Å². The molecule has 17 heavy (non-hydrogen) atoms. The fourth-order valence-corrected chi connectivity index (χ4v) is 2.44. The van der Waals surface area contributed by atoms with Gasteiger partial charge in [0.05, 0.1) is 11.1 Å². The molecular formula is C14H22BrNO. The molecule has 0 fully saturated rings. The van der Waals surface area contributed by atoms with E-state index in [1.807, 2.05) is 13.1 Å². The second-order valence-corrected chi connectivity index (χ2v) is 5.40. The van der Waals surface area contributed by atoms with Crippen molar-refractivity contribution in [1.82, 2.24) is 5.32 Å². The molecule has 1 aromatic rings. The van der Waals surface area contributed by atoms with Crippen LogP contribution in [0.2, 0.25) is 0 Å². The van der Waals surface area contributed by atoms with Crippen molar-refractivity contribution in [1.29, 1.82) is 0 Å². The normalized spacial score (nSPS) is 12.8. The molecule has 0 spiro atoms. The van der Waals surface area contributed by atoms with Crippen LogP contribution in [0.5, 0.6) is 5.75 Å². The summed E-state index contributed by atoms with van der Waals surface area (Å²) in [5.41, 5.74) is 1.29. The monoisotopic (exact) mass is 299 g/mol. The van der Waals surface area contributed by atoms with Gasteiger partial charge in [-0.05, 0) is 53.0 Å². The Morgan fingerprint density at radius 2 is 2.06 bits per heavy atom. The molecule has 0 aliphatic heterocycles. The summed E-state index contributed by atoms with van der Waals surface area (Å²) >= 11 is 3.57. The van der Waals surface area contributed by atoms with Crippen LogP contribution in [0.1, 0.15) is 38.8 Å². The molecule has 1 rings (SSSR count). The maximum atomic E-state index is 5.65. The van der Waals surface area contributed by atoms with Gasteiger partial charge in [-0.3, -0.25) is 0 Å². The number of benzene rings is 1. The molecule has 0 aliphatic carbocycles. The Balaban J connectivity index is 2.87. The molecule has 0 aromatic heterocycles. The Bertz CT molecular complexity index is 352. The predicted molar refractivity (Wildman–Crippen MR) is 76.6 cm³/mol. The van der Waals surface area contributed by atoms with Gasteiger partial charge < -0.3 is 10.1 Å². The Kier molecular flexibility index (Phi) is 6.00. The van der Waals surface area contributed by atoms with Crippen LogP contribution in [0.4, 0.5) is 0 Å². The van der Waals surface area contributed by atoms with Gasteiger partial charge in [0, 0.05) is 6.04 Å². The Labute approximate surface area is 113 Å². The second kappa shape index (κ2) is 7.02. The maximum Gasteiger partial charge on any atom is 0.133 e. The van der Waals surface area contributed by atoms with Crippen LogP contribution < -0.4 is 10.1 Å². The van der Waals surface area contributed by atoms with E-state index < -0.39 is 0 Å². The van der Waals surface area contributed by atoms with Gasteiger partial charge in [0.1, 0.15) is 5.75 Å². The van der Waals surface area contributed by atoms with Gasteiger partial charge in [-0.2, -0.15) is 0 Å². The number of hydrogen-bond acceptors (Lipinski definition) is 2. The summed E-state index contributed by atoms with van der Waals surface area (Å²) in [7, 11) is 2.00. The zero-order chi connectivity index (χ0) is 12.8. The number of halogens is 1. The zero-order valence-corrected chi connectivity index (χ0v) is 12.7. The molecule has 2 nitrogen and oxygen atoms in total. The molecule has 0 amide bonds. The quantitative estimate of drug-likeness (QED) is 0.852. The molecule has 1 N–H and O–H groups in total. The van der Waals surface area contributed by atoms with Gasteiger partial charge in [0.25, 0.3) is 0 Å². The number of nitrogens with one attached hydrogen (secondary N) is 1. The summed E-state index contributed by atoms with van der Waals surface area (Å²) in [4.78, 5) is 0. The Hall–Kier alpha value is -0.540. The van der Waals surface area contributed by atoms with Crippen molar-refractivity contribution < 1.29 is 4.74 Å². The highest BCUT2D eigenvalue weighted by atomic mass is 79.9. The van der Waals surface area contributed by atoms with Crippen molar-refractivity contribution >= 4 is 15.9 Å². The molecule has 1 unspecified atom stereocenters. The summed E-state index contributed by atoms with van der Waals surface area (Å²) in [5, 5.41) is 3.35. The fraction of sp³-hybridized carbons (Fsp3) is 0.571. The number of rotatable bonds is 6. The van der Waals surface area contributed by atoms with E-state index in [1.165, 1.54) is 5.56 Å². The van der Waals surface area contributed by atoms with E-state index in [4.69, 9.17) is 4.74 Å². The molecule has 1 aromatic carbocycles.